The summed E-state index contributed by atoms with van der Waals surface area (Å²) in [5, 5.41) is 9.45. The molecule has 3 rings (SSSR count). The Bertz CT molecular complexity index is 524. The monoisotopic (exact) mass is 294 g/mol. The summed E-state index contributed by atoms with van der Waals surface area (Å²) in [5.74, 6) is 0.766. The van der Waals surface area contributed by atoms with E-state index in [-0.39, 0.29) is 30.2 Å². The zero-order chi connectivity index (χ0) is 14.7. The van der Waals surface area contributed by atoms with Crippen LogP contribution in [0.15, 0.2) is 4.52 Å². The summed E-state index contributed by atoms with van der Waals surface area (Å²) >= 11 is 0. The highest BCUT2D eigenvalue weighted by atomic mass is 16.5. The lowest BCUT2D eigenvalue weighted by molar-refractivity contribution is -0.125. The smallest absolute Gasteiger partial charge is 0.246 e. The molecule has 2 atom stereocenters. The number of hydrogen-bond donors (Lipinski definition) is 2. The first-order valence-electron chi connectivity index (χ1n) is 7.17. The van der Waals surface area contributed by atoms with Crippen LogP contribution in [-0.2, 0) is 20.9 Å². The molecular weight excluding hydrogens is 276 g/mol. The summed E-state index contributed by atoms with van der Waals surface area (Å²) < 4.78 is 10.3. The van der Waals surface area contributed by atoms with Crippen molar-refractivity contribution >= 4 is 11.8 Å². The second-order valence-corrected chi connectivity index (χ2v) is 5.36. The lowest BCUT2D eigenvalue weighted by Crippen LogP contribution is -2.33. The summed E-state index contributed by atoms with van der Waals surface area (Å²) in [4.78, 5) is 27.4. The number of rotatable bonds is 4. The molecule has 8 heteroatoms. The summed E-state index contributed by atoms with van der Waals surface area (Å²) in [7, 11) is 0. The minimum Gasteiger partial charge on any atom is -0.381 e. The SMILES string of the molecule is O=C1CC(c2noc(CNC(=O)C3CCOC3)n2)CCN1. The average Bonchev–Trinajstić information content (AvgIpc) is 3.16. The van der Waals surface area contributed by atoms with Gasteiger partial charge in [0.25, 0.3) is 0 Å². The predicted molar refractivity (Wildman–Crippen MR) is 70.1 cm³/mol. The van der Waals surface area contributed by atoms with Gasteiger partial charge in [-0.3, -0.25) is 9.59 Å². The van der Waals surface area contributed by atoms with E-state index >= 15 is 0 Å². The molecule has 0 aliphatic carbocycles. The first-order valence-corrected chi connectivity index (χ1v) is 7.17. The molecule has 2 fully saturated rings. The maximum Gasteiger partial charge on any atom is 0.246 e. The number of piperidine rings is 1. The van der Waals surface area contributed by atoms with Gasteiger partial charge in [-0.05, 0) is 12.8 Å². The van der Waals surface area contributed by atoms with E-state index in [2.05, 4.69) is 20.8 Å². The van der Waals surface area contributed by atoms with Gasteiger partial charge in [0, 0.05) is 25.5 Å². The number of nitrogens with zero attached hydrogens (tertiary/aromatic N) is 2. The van der Waals surface area contributed by atoms with Gasteiger partial charge < -0.3 is 19.9 Å². The van der Waals surface area contributed by atoms with Crippen molar-refractivity contribution in [2.75, 3.05) is 19.8 Å². The Morgan fingerprint density at radius 3 is 3.10 bits per heavy atom. The van der Waals surface area contributed by atoms with Crippen LogP contribution in [0.2, 0.25) is 0 Å². The van der Waals surface area contributed by atoms with Crippen LogP contribution in [0.4, 0.5) is 0 Å². The van der Waals surface area contributed by atoms with Crippen molar-refractivity contribution in [3.8, 4) is 0 Å². The number of aromatic nitrogens is 2. The lowest BCUT2D eigenvalue weighted by Gasteiger charge is -2.18. The lowest BCUT2D eigenvalue weighted by atomic mass is 9.97. The van der Waals surface area contributed by atoms with Gasteiger partial charge >= 0.3 is 0 Å². The molecular formula is C13H18N4O4. The standard InChI is InChI=1S/C13H18N4O4/c18-10-5-8(1-3-14-10)12-16-11(21-17-12)6-15-13(19)9-2-4-20-7-9/h8-9H,1-7H2,(H,14,18)(H,15,19). The normalized spacial score (nSPS) is 25.6. The van der Waals surface area contributed by atoms with Gasteiger partial charge in [0.15, 0.2) is 5.82 Å². The zero-order valence-corrected chi connectivity index (χ0v) is 11.6. The van der Waals surface area contributed by atoms with E-state index in [4.69, 9.17) is 9.26 Å². The zero-order valence-electron chi connectivity index (χ0n) is 11.6. The quantitative estimate of drug-likeness (QED) is 0.790. The van der Waals surface area contributed by atoms with Crippen LogP contribution in [0.3, 0.4) is 0 Å². The fourth-order valence-corrected chi connectivity index (χ4v) is 2.56. The third kappa shape index (κ3) is 3.38. The highest BCUT2D eigenvalue weighted by Crippen LogP contribution is 2.23. The van der Waals surface area contributed by atoms with Crippen LogP contribution in [0, 0.1) is 5.92 Å². The summed E-state index contributed by atoms with van der Waals surface area (Å²) in [5.41, 5.74) is 0. The summed E-state index contributed by atoms with van der Waals surface area (Å²) in [6, 6.07) is 0. The van der Waals surface area contributed by atoms with Crippen molar-refractivity contribution in [3.63, 3.8) is 0 Å². The molecule has 0 radical (unpaired) electrons. The van der Waals surface area contributed by atoms with E-state index in [1.165, 1.54) is 0 Å². The van der Waals surface area contributed by atoms with Crippen molar-refractivity contribution in [3.05, 3.63) is 11.7 Å². The van der Waals surface area contributed by atoms with E-state index in [0.29, 0.717) is 37.9 Å². The molecule has 3 heterocycles. The number of amides is 2. The molecule has 2 amide bonds. The third-order valence-electron chi connectivity index (χ3n) is 3.81. The second kappa shape index (κ2) is 6.21. The highest BCUT2D eigenvalue weighted by Gasteiger charge is 2.26. The van der Waals surface area contributed by atoms with Gasteiger partial charge in [0.05, 0.1) is 19.1 Å². The Kier molecular flexibility index (Phi) is 4.14. The van der Waals surface area contributed by atoms with Crippen molar-refractivity contribution in [1.29, 1.82) is 0 Å². The molecule has 0 saturated carbocycles. The number of nitrogens with one attached hydrogen (secondary N) is 2. The van der Waals surface area contributed by atoms with Crippen molar-refractivity contribution in [2.24, 2.45) is 5.92 Å². The van der Waals surface area contributed by atoms with Crippen LogP contribution >= 0.6 is 0 Å². The van der Waals surface area contributed by atoms with Gasteiger partial charge in [0.2, 0.25) is 17.7 Å². The third-order valence-corrected chi connectivity index (χ3v) is 3.81. The van der Waals surface area contributed by atoms with Crippen molar-refractivity contribution in [1.82, 2.24) is 20.8 Å². The first kappa shape index (κ1) is 14.0. The maximum absolute atomic E-state index is 11.8. The van der Waals surface area contributed by atoms with Gasteiger partial charge in [-0.2, -0.15) is 4.98 Å². The Morgan fingerprint density at radius 2 is 2.33 bits per heavy atom. The summed E-state index contributed by atoms with van der Waals surface area (Å²) in [6.07, 6.45) is 1.93. The van der Waals surface area contributed by atoms with Gasteiger partial charge in [0.1, 0.15) is 0 Å². The van der Waals surface area contributed by atoms with Crippen LogP contribution < -0.4 is 10.6 Å². The number of carbonyl (C=O) groups is 2. The van der Waals surface area contributed by atoms with E-state index < -0.39 is 0 Å². The van der Waals surface area contributed by atoms with Crippen LogP contribution in [0.5, 0.6) is 0 Å². The molecule has 8 nitrogen and oxygen atoms in total. The molecule has 2 saturated heterocycles. The highest BCUT2D eigenvalue weighted by molar-refractivity contribution is 5.79. The molecule has 114 valence electrons. The molecule has 0 spiro atoms. The van der Waals surface area contributed by atoms with Crippen molar-refractivity contribution < 1.29 is 18.8 Å². The van der Waals surface area contributed by atoms with Crippen LogP contribution in [0.25, 0.3) is 0 Å². The topological polar surface area (TPSA) is 106 Å². The molecule has 2 aliphatic heterocycles. The summed E-state index contributed by atoms with van der Waals surface area (Å²) in [6.45, 7) is 1.94. The molecule has 0 bridgehead atoms. The van der Waals surface area contributed by atoms with E-state index in [1.54, 1.807) is 0 Å². The largest absolute Gasteiger partial charge is 0.381 e. The van der Waals surface area contributed by atoms with Gasteiger partial charge in [-0.15, -0.1) is 0 Å². The first-order chi connectivity index (χ1) is 10.2. The number of hydrogen-bond acceptors (Lipinski definition) is 6. The van der Waals surface area contributed by atoms with E-state index in [0.717, 1.165) is 12.8 Å². The fourth-order valence-electron chi connectivity index (χ4n) is 2.56. The fraction of sp³-hybridized carbons (Fsp3) is 0.692. The Balaban J connectivity index is 1.52. The molecule has 2 unspecified atom stereocenters. The molecule has 21 heavy (non-hydrogen) atoms. The van der Waals surface area contributed by atoms with Gasteiger partial charge in [-0.25, -0.2) is 0 Å². The molecule has 1 aromatic heterocycles. The minimum atomic E-state index is -0.0885. The van der Waals surface area contributed by atoms with E-state index in [1.807, 2.05) is 0 Å². The molecule has 1 aromatic rings. The Morgan fingerprint density at radius 1 is 1.43 bits per heavy atom. The molecule has 2 aliphatic rings. The van der Waals surface area contributed by atoms with Crippen molar-refractivity contribution in [2.45, 2.75) is 31.7 Å². The molecule has 2 N–H and O–H groups in total. The van der Waals surface area contributed by atoms with E-state index in [9.17, 15) is 9.59 Å². The number of carbonyl (C=O) groups excluding carboxylic acids is 2. The second-order valence-electron chi connectivity index (χ2n) is 5.36. The predicted octanol–water partition coefficient (Wildman–Crippen LogP) is -0.284. The van der Waals surface area contributed by atoms with Crippen LogP contribution in [-0.4, -0.2) is 41.7 Å². The van der Waals surface area contributed by atoms with Crippen LogP contribution in [0.1, 0.15) is 36.9 Å². The Hall–Kier alpha value is -1.96. The molecule has 0 aromatic carbocycles. The minimum absolute atomic E-state index is 0.00446. The average molecular weight is 294 g/mol. The maximum atomic E-state index is 11.8. The Labute approximate surface area is 121 Å². The number of ether oxygens (including phenoxy) is 1. The van der Waals surface area contributed by atoms with Gasteiger partial charge in [-0.1, -0.05) is 5.16 Å².